The lowest BCUT2D eigenvalue weighted by Gasteiger charge is -2.09. The molecule has 1 heteroatoms. The van der Waals surface area contributed by atoms with E-state index < -0.39 is 0 Å². The van der Waals surface area contributed by atoms with E-state index in [0.717, 1.165) is 6.42 Å². The normalized spacial score (nSPS) is 14.1. The number of allylic oxidation sites excluding steroid dienone is 2. The molecular weight excluding hydrogens is 136 g/mol. The van der Waals surface area contributed by atoms with E-state index in [0.29, 0.717) is 12.5 Å². The lowest BCUT2D eigenvalue weighted by atomic mass is 9.98. The summed E-state index contributed by atoms with van der Waals surface area (Å²) in [6.07, 6.45) is 8.95. The molecule has 0 saturated carbocycles. The minimum absolute atomic E-state index is 0.318. The molecule has 0 aliphatic rings. The van der Waals surface area contributed by atoms with E-state index in [-0.39, 0.29) is 0 Å². The Labute approximate surface area is 70.1 Å². The molecule has 0 aromatic carbocycles. The lowest BCUT2D eigenvalue weighted by Crippen LogP contribution is -1.99. The first-order valence-electron chi connectivity index (χ1n) is 4.58. The van der Waals surface area contributed by atoms with Crippen LogP contribution < -0.4 is 0 Å². The highest BCUT2D eigenvalue weighted by Crippen LogP contribution is 2.13. The minimum atomic E-state index is 0.318. The first-order valence-corrected chi connectivity index (χ1v) is 4.58. The zero-order valence-electron chi connectivity index (χ0n) is 7.71. The van der Waals surface area contributed by atoms with Crippen LogP contribution in [0.2, 0.25) is 0 Å². The average molecular weight is 156 g/mol. The maximum atomic E-state index is 8.73. The number of aliphatic hydroxyl groups excluding tert-OH is 1. The van der Waals surface area contributed by atoms with Crippen LogP contribution in [0.15, 0.2) is 12.2 Å². The van der Waals surface area contributed by atoms with Gasteiger partial charge in [0.1, 0.15) is 0 Å². The molecule has 0 heterocycles. The SMILES string of the molecule is C/C=C/[C@H](CCO)CCCC. The van der Waals surface area contributed by atoms with Gasteiger partial charge in [-0.25, -0.2) is 0 Å². The highest BCUT2D eigenvalue weighted by atomic mass is 16.3. The largest absolute Gasteiger partial charge is 0.396 e. The van der Waals surface area contributed by atoms with Crippen molar-refractivity contribution in [2.75, 3.05) is 6.61 Å². The Morgan fingerprint density at radius 3 is 2.55 bits per heavy atom. The van der Waals surface area contributed by atoms with Crippen LogP contribution in [-0.4, -0.2) is 11.7 Å². The van der Waals surface area contributed by atoms with Crippen LogP contribution in [0, 0.1) is 5.92 Å². The van der Waals surface area contributed by atoms with Gasteiger partial charge in [-0.05, 0) is 25.7 Å². The molecule has 0 aliphatic carbocycles. The molecule has 1 nitrogen and oxygen atoms in total. The fraction of sp³-hybridized carbons (Fsp3) is 0.800. The van der Waals surface area contributed by atoms with Crippen LogP contribution in [0.1, 0.15) is 39.5 Å². The van der Waals surface area contributed by atoms with Crippen molar-refractivity contribution in [3.05, 3.63) is 12.2 Å². The van der Waals surface area contributed by atoms with E-state index in [1.807, 2.05) is 6.92 Å². The Balaban J connectivity index is 3.51. The van der Waals surface area contributed by atoms with Crippen molar-refractivity contribution < 1.29 is 5.11 Å². The number of hydrogen-bond donors (Lipinski definition) is 1. The smallest absolute Gasteiger partial charge is 0.0436 e. The Morgan fingerprint density at radius 2 is 2.09 bits per heavy atom. The van der Waals surface area contributed by atoms with Gasteiger partial charge in [-0.1, -0.05) is 31.9 Å². The van der Waals surface area contributed by atoms with Gasteiger partial charge in [-0.15, -0.1) is 0 Å². The van der Waals surface area contributed by atoms with Crippen molar-refractivity contribution >= 4 is 0 Å². The number of unbranched alkanes of at least 4 members (excludes halogenated alkanes) is 1. The second kappa shape index (κ2) is 7.80. The van der Waals surface area contributed by atoms with E-state index in [2.05, 4.69) is 19.1 Å². The summed E-state index contributed by atoms with van der Waals surface area (Å²) in [6.45, 7) is 4.56. The number of rotatable bonds is 6. The van der Waals surface area contributed by atoms with E-state index in [1.54, 1.807) is 0 Å². The molecule has 0 saturated heterocycles. The van der Waals surface area contributed by atoms with E-state index in [4.69, 9.17) is 5.11 Å². The molecule has 11 heavy (non-hydrogen) atoms. The summed E-state index contributed by atoms with van der Waals surface area (Å²) in [6, 6.07) is 0. The van der Waals surface area contributed by atoms with Gasteiger partial charge in [0.25, 0.3) is 0 Å². The summed E-state index contributed by atoms with van der Waals surface area (Å²) >= 11 is 0. The van der Waals surface area contributed by atoms with E-state index in [9.17, 15) is 0 Å². The molecule has 0 aromatic rings. The third-order valence-corrected chi connectivity index (χ3v) is 1.89. The summed E-state index contributed by atoms with van der Waals surface area (Å²) in [5, 5.41) is 8.73. The van der Waals surface area contributed by atoms with Gasteiger partial charge in [0.2, 0.25) is 0 Å². The molecule has 1 atom stereocenters. The first-order chi connectivity index (χ1) is 5.35. The molecule has 0 spiro atoms. The van der Waals surface area contributed by atoms with Crippen LogP contribution >= 0.6 is 0 Å². The van der Waals surface area contributed by atoms with Gasteiger partial charge in [0.05, 0.1) is 0 Å². The summed E-state index contributed by atoms with van der Waals surface area (Å²) in [4.78, 5) is 0. The van der Waals surface area contributed by atoms with Crippen LogP contribution in [-0.2, 0) is 0 Å². The van der Waals surface area contributed by atoms with Crippen LogP contribution in [0.4, 0.5) is 0 Å². The third kappa shape index (κ3) is 6.11. The summed E-state index contributed by atoms with van der Waals surface area (Å²) in [7, 11) is 0. The lowest BCUT2D eigenvalue weighted by molar-refractivity contribution is 0.265. The molecule has 1 N–H and O–H groups in total. The maximum absolute atomic E-state index is 8.73. The Morgan fingerprint density at radius 1 is 1.36 bits per heavy atom. The van der Waals surface area contributed by atoms with Gasteiger partial charge in [-0.2, -0.15) is 0 Å². The van der Waals surface area contributed by atoms with Gasteiger partial charge >= 0.3 is 0 Å². The topological polar surface area (TPSA) is 20.2 Å². The van der Waals surface area contributed by atoms with Crippen molar-refractivity contribution in [1.29, 1.82) is 0 Å². The fourth-order valence-corrected chi connectivity index (χ4v) is 1.24. The van der Waals surface area contributed by atoms with Crippen molar-refractivity contribution in [2.24, 2.45) is 5.92 Å². The van der Waals surface area contributed by atoms with Gasteiger partial charge < -0.3 is 5.11 Å². The molecule has 0 aromatic heterocycles. The highest BCUT2D eigenvalue weighted by molar-refractivity contribution is 4.85. The quantitative estimate of drug-likeness (QED) is 0.586. The second-order valence-corrected chi connectivity index (χ2v) is 2.94. The van der Waals surface area contributed by atoms with Gasteiger partial charge in [-0.3, -0.25) is 0 Å². The summed E-state index contributed by atoms with van der Waals surface area (Å²) in [5.41, 5.74) is 0. The molecule has 0 rings (SSSR count). The fourth-order valence-electron chi connectivity index (χ4n) is 1.24. The van der Waals surface area contributed by atoms with Crippen molar-refractivity contribution in [3.8, 4) is 0 Å². The first kappa shape index (κ1) is 10.7. The van der Waals surface area contributed by atoms with Crippen molar-refractivity contribution in [1.82, 2.24) is 0 Å². The zero-order chi connectivity index (χ0) is 8.53. The monoisotopic (exact) mass is 156 g/mol. The predicted molar refractivity (Wildman–Crippen MR) is 49.5 cm³/mol. The zero-order valence-corrected chi connectivity index (χ0v) is 7.71. The molecule has 0 radical (unpaired) electrons. The van der Waals surface area contributed by atoms with Crippen molar-refractivity contribution in [2.45, 2.75) is 39.5 Å². The molecule has 0 fully saturated rings. The Kier molecular flexibility index (Phi) is 7.59. The molecule has 0 unspecified atom stereocenters. The molecule has 0 bridgehead atoms. The van der Waals surface area contributed by atoms with Gasteiger partial charge in [0, 0.05) is 6.61 Å². The highest BCUT2D eigenvalue weighted by Gasteiger charge is 2.01. The molecular formula is C10H20O. The maximum Gasteiger partial charge on any atom is 0.0436 e. The standard InChI is InChI=1S/C10H20O/c1-3-5-7-10(6-4-2)8-9-11/h4,6,10-11H,3,5,7-9H2,1-2H3/b6-4+/t10-/m0/s1. The van der Waals surface area contributed by atoms with E-state index >= 15 is 0 Å². The molecule has 66 valence electrons. The Bertz CT molecular complexity index is 97.0. The summed E-state index contributed by atoms with van der Waals surface area (Å²) in [5.74, 6) is 0.602. The van der Waals surface area contributed by atoms with Crippen LogP contribution in [0.3, 0.4) is 0 Å². The second-order valence-electron chi connectivity index (χ2n) is 2.94. The third-order valence-electron chi connectivity index (χ3n) is 1.89. The predicted octanol–water partition coefficient (Wildman–Crippen LogP) is 2.75. The summed E-state index contributed by atoms with van der Waals surface area (Å²) < 4.78 is 0. The van der Waals surface area contributed by atoms with Crippen LogP contribution in [0.25, 0.3) is 0 Å². The van der Waals surface area contributed by atoms with Crippen molar-refractivity contribution in [3.63, 3.8) is 0 Å². The number of aliphatic hydroxyl groups is 1. The average Bonchev–Trinajstić information content (AvgIpc) is 2.01. The van der Waals surface area contributed by atoms with Crippen LogP contribution in [0.5, 0.6) is 0 Å². The molecule has 0 amide bonds. The Hall–Kier alpha value is -0.300. The number of hydrogen-bond acceptors (Lipinski definition) is 1. The van der Waals surface area contributed by atoms with Gasteiger partial charge in [0.15, 0.2) is 0 Å². The molecule has 0 aliphatic heterocycles. The van der Waals surface area contributed by atoms with E-state index in [1.165, 1.54) is 19.3 Å². The minimum Gasteiger partial charge on any atom is -0.396 e.